The van der Waals surface area contributed by atoms with E-state index in [4.69, 9.17) is 0 Å². The van der Waals surface area contributed by atoms with Crippen molar-refractivity contribution >= 4 is 5.82 Å². The maximum Gasteiger partial charge on any atom is 0.128 e. The number of pyridine rings is 1. The summed E-state index contributed by atoms with van der Waals surface area (Å²) in [7, 11) is 1.97. The Morgan fingerprint density at radius 3 is 2.71 bits per heavy atom. The molecule has 0 amide bonds. The van der Waals surface area contributed by atoms with Crippen molar-refractivity contribution in [2.75, 3.05) is 18.5 Å². The Morgan fingerprint density at radius 2 is 2.05 bits per heavy atom. The van der Waals surface area contributed by atoms with Gasteiger partial charge < -0.3 is 10.2 Å². The first-order valence-corrected chi connectivity index (χ1v) is 7.23. The third kappa shape index (κ3) is 4.26. The van der Waals surface area contributed by atoms with Crippen LogP contribution in [-0.4, -0.2) is 18.6 Å². The van der Waals surface area contributed by atoms with Crippen LogP contribution in [0.3, 0.4) is 0 Å². The fraction of sp³-hybridized carbons (Fsp3) is 0.353. The van der Waals surface area contributed by atoms with Gasteiger partial charge in [0.1, 0.15) is 11.6 Å². The number of hydrogen-bond acceptors (Lipinski definition) is 3. The Labute approximate surface area is 125 Å². The van der Waals surface area contributed by atoms with Gasteiger partial charge >= 0.3 is 0 Å². The number of nitrogens with one attached hydrogen (secondary N) is 1. The lowest BCUT2D eigenvalue weighted by atomic mass is 10.2. The van der Waals surface area contributed by atoms with E-state index in [9.17, 15) is 4.39 Å². The summed E-state index contributed by atoms with van der Waals surface area (Å²) in [5, 5.41) is 3.30. The van der Waals surface area contributed by atoms with Gasteiger partial charge in [0.05, 0.1) is 0 Å². The number of hydrogen-bond donors (Lipinski definition) is 1. The minimum atomic E-state index is -0.203. The van der Waals surface area contributed by atoms with Crippen LogP contribution in [0, 0.1) is 12.7 Å². The molecular formula is C17H22FN3. The summed E-state index contributed by atoms with van der Waals surface area (Å²) in [6, 6.07) is 10.8. The molecule has 1 heterocycles. The fourth-order valence-corrected chi connectivity index (χ4v) is 2.23. The fourth-order valence-electron chi connectivity index (χ4n) is 2.23. The van der Waals surface area contributed by atoms with Crippen LogP contribution in [0.25, 0.3) is 0 Å². The number of aryl methyl sites for hydroxylation is 1. The average molecular weight is 287 g/mol. The van der Waals surface area contributed by atoms with Crippen molar-refractivity contribution in [2.24, 2.45) is 0 Å². The lowest BCUT2D eigenvalue weighted by molar-refractivity contribution is 0.625. The molecule has 1 N–H and O–H groups in total. The van der Waals surface area contributed by atoms with Crippen LogP contribution in [0.4, 0.5) is 10.2 Å². The Hall–Kier alpha value is -1.94. The first-order valence-electron chi connectivity index (χ1n) is 7.23. The second kappa shape index (κ2) is 7.18. The normalized spacial score (nSPS) is 10.7. The monoisotopic (exact) mass is 287 g/mol. The zero-order valence-corrected chi connectivity index (χ0v) is 12.9. The lowest BCUT2D eigenvalue weighted by Gasteiger charge is -2.19. The van der Waals surface area contributed by atoms with Crippen LogP contribution in [0.5, 0.6) is 0 Å². The van der Waals surface area contributed by atoms with Crippen molar-refractivity contribution in [1.29, 1.82) is 0 Å². The van der Waals surface area contributed by atoms with Gasteiger partial charge in [-0.25, -0.2) is 9.37 Å². The lowest BCUT2D eigenvalue weighted by Crippen LogP contribution is -2.19. The molecule has 0 saturated heterocycles. The highest BCUT2D eigenvalue weighted by Crippen LogP contribution is 2.16. The molecule has 0 atom stereocenters. The molecule has 0 radical (unpaired) electrons. The van der Waals surface area contributed by atoms with Gasteiger partial charge in [0.15, 0.2) is 0 Å². The first kappa shape index (κ1) is 15.4. The second-order valence-electron chi connectivity index (χ2n) is 5.18. The predicted octanol–water partition coefficient (Wildman–Crippen LogP) is 3.28. The SMILES string of the molecule is CCNCc1ccc(N(C)Cc2cccc(F)c2)nc1C. The van der Waals surface area contributed by atoms with Crippen molar-refractivity contribution in [2.45, 2.75) is 26.9 Å². The van der Waals surface area contributed by atoms with E-state index in [0.29, 0.717) is 6.54 Å². The molecular weight excluding hydrogens is 265 g/mol. The van der Waals surface area contributed by atoms with E-state index in [1.54, 1.807) is 12.1 Å². The molecule has 0 unspecified atom stereocenters. The molecule has 21 heavy (non-hydrogen) atoms. The largest absolute Gasteiger partial charge is 0.355 e. The Balaban J connectivity index is 2.08. The molecule has 4 heteroatoms. The molecule has 112 valence electrons. The molecule has 0 aliphatic carbocycles. The number of aromatic nitrogens is 1. The molecule has 0 aliphatic heterocycles. The minimum Gasteiger partial charge on any atom is -0.355 e. The van der Waals surface area contributed by atoms with E-state index in [2.05, 4.69) is 23.3 Å². The van der Waals surface area contributed by atoms with Crippen molar-refractivity contribution in [3.8, 4) is 0 Å². The maximum absolute atomic E-state index is 13.2. The van der Waals surface area contributed by atoms with Crippen LogP contribution in [-0.2, 0) is 13.1 Å². The van der Waals surface area contributed by atoms with E-state index < -0.39 is 0 Å². The molecule has 0 spiro atoms. The summed E-state index contributed by atoms with van der Waals surface area (Å²) in [6.07, 6.45) is 0. The highest BCUT2D eigenvalue weighted by Gasteiger charge is 2.07. The highest BCUT2D eigenvalue weighted by molar-refractivity contribution is 5.41. The van der Waals surface area contributed by atoms with Gasteiger partial charge in [-0.15, -0.1) is 0 Å². The van der Waals surface area contributed by atoms with Crippen LogP contribution >= 0.6 is 0 Å². The summed E-state index contributed by atoms with van der Waals surface area (Å²) in [4.78, 5) is 6.66. The van der Waals surface area contributed by atoms with Gasteiger partial charge in [0.25, 0.3) is 0 Å². The molecule has 1 aromatic carbocycles. The average Bonchev–Trinajstić information content (AvgIpc) is 2.46. The van der Waals surface area contributed by atoms with E-state index in [-0.39, 0.29) is 5.82 Å². The molecule has 0 aliphatic rings. The molecule has 0 fully saturated rings. The third-order valence-corrected chi connectivity index (χ3v) is 3.45. The Morgan fingerprint density at radius 1 is 1.24 bits per heavy atom. The number of rotatable bonds is 6. The summed E-state index contributed by atoms with van der Waals surface area (Å²) < 4.78 is 13.2. The second-order valence-corrected chi connectivity index (χ2v) is 5.18. The van der Waals surface area contributed by atoms with E-state index in [0.717, 1.165) is 30.2 Å². The van der Waals surface area contributed by atoms with Crippen molar-refractivity contribution < 1.29 is 4.39 Å². The summed E-state index contributed by atoms with van der Waals surface area (Å²) in [5.74, 6) is 0.697. The Kier molecular flexibility index (Phi) is 5.28. The molecule has 1 aromatic heterocycles. The van der Waals surface area contributed by atoms with Crippen molar-refractivity contribution in [1.82, 2.24) is 10.3 Å². The van der Waals surface area contributed by atoms with Gasteiger partial charge in [-0.1, -0.05) is 25.1 Å². The Bertz CT molecular complexity index is 598. The van der Waals surface area contributed by atoms with Crippen LogP contribution in [0.1, 0.15) is 23.7 Å². The summed E-state index contributed by atoms with van der Waals surface area (Å²) >= 11 is 0. The summed E-state index contributed by atoms with van der Waals surface area (Å²) in [6.45, 7) is 6.52. The highest BCUT2D eigenvalue weighted by atomic mass is 19.1. The van der Waals surface area contributed by atoms with E-state index >= 15 is 0 Å². The third-order valence-electron chi connectivity index (χ3n) is 3.45. The van der Waals surface area contributed by atoms with Crippen LogP contribution < -0.4 is 10.2 Å². The summed E-state index contributed by atoms with van der Waals surface area (Å²) in [5.41, 5.74) is 3.17. The van der Waals surface area contributed by atoms with Crippen molar-refractivity contribution in [3.05, 3.63) is 59.0 Å². The molecule has 0 saturated carbocycles. The minimum absolute atomic E-state index is 0.203. The van der Waals surface area contributed by atoms with Crippen molar-refractivity contribution in [3.63, 3.8) is 0 Å². The maximum atomic E-state index is 13.2. The smallest absolute Gasteiger partial charge is 0.128 e. The topological polar surface area (TPSA) is 28.2 Å². The van der Waals surface area contributed by atoms with Crippen LogP contribution in [0.15, 0.2) is 36.4 Å². The number of halogens is 1. The number of nitrogens with zero attached hydrogens (tertiary/aromatic N) is 2. The van der Waals surface area contributed by atoms with Gasteiger partial charge in [-0.2, -0.15) is 0 Å². The van der Waals surface area contributed by atoms with Gasteiger partial charge in [-0.05, 0) is 42.8 Å². The van der Waals surface area contributed by atoms with Crippen LogP contribution in [0.2, 0.25) is 0 Å². The molecule has 0 bridgehead atoms. The van der Waals surface area contributed by atoms with Gasteiger partial charge in [-0.3, -0.25) is 0 Å². The number of benzene rings is 1. The van der Waals surface area contributed by atoms with Gasteiger partial charge in [0, 0.05) is 25.8 Å². The predicted molar refractivity (Wildman–Crippen MR) is 84.9 cm³/mol. The molecule has 3 nitrogen and oxygen atoms in total. The number of anilines is 1. The zero-order valence-electron chi connectivity index (χ0n) is 12.9. The quantitative estimate of drug-likeness (QED) is 0.884. The zero-order chi connectivity index (χ0) is 15.2. The standard InChI is InChI=1S/C17H22FN3/c1-4-19-11-15-8-9-17(20-13(15)2)21(3)12-14-6-5-7-16(18)10-14/h5-10,19H,4,11-12H2,1-3H3. The van der Waals surface area contributed by atoms with Gasteiger partial charge in [0.2, 0.25) is 0 Å². The molecule has 2 aromatic rings. The van der Waals surface area contributed by atoms with E-state index in [1.165, 1.54) is 11.6 Å². The first-order chi connectivity index (χ1) is 10.1. The molecule has 2 rings (SSSR count). The van der Waals surface area contributed by atoms with E-state index in [1.807, 2.05) is 31.0 Å².